The first kappa shape index (κ1) is 21.2. The average Bonchev–Trinajstić information content (AvgIpc) is 2.38. The number of amides is 2. The van der Waals surface area contributed by atoms with Crippen LogP contribution in [-0.4, -0.2) is 42.8 Å². The zero-order valence-electron chi connectivity index (χ0n) is 15.4. The number of esters is 1. The van der Waals surface area contributed by atoms with Gasteiger partial charge in [0.15, 0.2) is 0 Å². The number of carbonyl (C=O) groups excluding carboxylic acids is 3. The number of methoxy groups -OCH3 is 1. The summed E-state index contributed by atoms with van der Waals surface area (Å²) in [5.74, 6) is -1.28. The van der Waals surface area contributed by atoms with Crippen molar-refractivity contribution in [3.63, 3.8) is 0 Å². The molecule has 134 valence electrons. The summed E-state index contributed by atoms with van der Waals surface area (Å²) in [4.78, 5) is 36.1. The molecule has 0 aliphatic heterocycles. The van der Waals surface area contributed by atoms with Gasteiger partial charge in [0.25, 0.3) is 0 Å². The second-order valence-corrected chi connectivity index (χ2v) is 7.12. The van der Waals surface area contributed by atoms with E-state index in [2.05, 4.69) is 10.6 Å². The molecular weight excluding hydrogens is 300 g/mol. The average molecular weight is 330 g/mol. The monoisotopic (exact) mass is 330 g/mol. The Morgan fingerprint density at radius 3 is 1.70 bits per heavy atom. The zero-order valence-corrected chi connectivity index (χ0v) is 15.4. The number of ether oxygens (including phenoxy) is 2. The first-order valence-corrected chi connectivity index (χ1v) is 7.76. The second-order valence-electron chi connectivity index (χ2n) is 7.12. The van der Waals surface area contributed by atoms with Crippen molar-refractivity contribution in [2.24, 2.45) is 11.8 Å². The van der Waals surface area contributed by atoms with Gasteiger partial charge < -0.3 is 20.1 Å². The summed E-state index contributed by atoms with van der Waals surface area (Å²) in [6.07, 6.45) is -0.675. The Morgan fingerprint density at radius 1 is 0.870 bits per heavy atom. The fraction of sp³-hybridized carbons (Fsp3) is 0.812. The second kappa shape index (κ2) is 8.74. The number of hydrogen-bond donors (Lipinski definition) is 2. The molecule has 0 aromatic rings. The van der Waals surface area contributed by atoms with E-state index in [0.717, 1.165) is 0 Å². The van der Waals surface area contributed by atoms with Gasteiger partial charge in [-0.25, -0.2) is 9.59 Å². The molecule has 0 unspecified atom stereocenters. The van der Waals surface area contributed by atoms with Crippen LogP contribution in [0.2, 0.25) is 0 Å². The summed E-state index contributed by atoms with van der Waals surface area (Å²) in [5, 5.41) is 5.18. The molecule has 0 aromatic carbocycles. The van der Waals surface area contributed by atoms with Crippen LogP contribution in [0.4, 0.5) is 4.79 Å². The molecule has 0 radical (unpaired) electrons. The van der Waals surface area contributed by atoms with E-state index in [-0.39, 0.29) is 11.8 Å². The summed E-state index contributed by atoms with van der Waals surface area (Å²) in [6, 6.07) is -1.58. The normalized spacial score (nSPS) is 14.2. The number of alkyl carbamates (subject to hydrolysis) is 1. The largest absolute Gasteiger partial charge is 0.467 e. The van der Waals surface area contributed by atoms with Crippen LogP contribution in [0.25, 0.3) is 0 Å². The van der Waals surface area contributed by atoms with Gasteiger partial charge in [0, 0.05) is 0 Å². The molecule has 0 saturated heterocycles. The highest BCUT2D eigenvalue weighted by Crippen LogP contribution is 2.10. The lowest BCUT2D eigenvalue weighted by atomic mass is 10.0. The first-order valence-electron chi connectivity index (χ1n) is 7.76. The molecule has 2 amide bonds. The van der Waals surface area contributed by atoms with E-state index in [0.29, 0.717) is 0 Å². The van der Waals surface area contributed by atoms with Gasteiger partial charge in [0.2, 0.25) is 5.91 Å². The molecule has 23 heavy (non-hydrogen) atoms. The van der Waals surface area contributed by atoms with Crippen LogP contribution in [0.5, 0.6) is 0 Å². The van der Waals surface area contributed by atoms with E-state index in [1.54, 1.807) is 48.5 Å². The maximum atomic E-state index is 12.4. The van der Waals surface area contributed by atoms with Crippen molar-refractivity contribution < 1.29 is 23.9 Å². The molecule has 0 fully saturated rings. The maximum Gasteiger partial charge on any atom is 0.408 e. The van der Waals surface area contributed by atoms with Crippen molar-refractivity contribution >= 4 is 18.0 Å². The van der Waals surface area contributed by atoms with E-state index in [1.165, 1.54) is 7.11 Å². The Balaban J connectivity index is 4.99. The number of rotatable bonds is 6. The highest BCUT2D eigenvalue weighted by Gasteiger charge is 2.31. The molecule has 0 aliphatic rings. The molecule has 2 atom stereocenters. The predicted octanol–water partition coefficient (Wildman–Crippen LogP) is 1.85. The minimum absolute atomic E-state index is 0.138. The summed E-state index contributed by atoms with van der Waals surface area (Å²) < 4.78 is 9.86. The third kappa shape index (κ3) is 7.85. The van der Waals surface area contributed by atoms with Crippen LogP contribution in [0.15, 0.2) is 0 Å². The zero-order chi connectivity index (χ0) is 18.4. The molecule has 0 heterocycles. The van der Waals surface area contributed by atoms with Gasteiger partial charge in [-0.05, 0) is 32.6 Å². The Morgan fingerprint density at radius 2 is 1.35 bits per heavy atom. The van der Waals surface area contributed by atoms with Crippen LogP contribution < -0.4 is 10.6 Å². The molecule has 0 spiro atoms. The lowest BCUT2D eigenvalue weighted by Gasteiger charge is -2.27. The summed E-state index contributed by atoms with van der Waals surface area (Å²) >= 11 is 0. The van der Waals surface area contributed by atoms with Gasteiger partial charge in [-0.1, -0.05) is 27.7 Å². The topological polar surface area (TPSA) is 93.7 Å². The number of carbonyl (C=O) groups is 3. The van der Waals surface area contributed by atoms with Crippen molar-refractivity contribution in [3.05, 3.63) is 0 Å². The lowest BCUT2D eigenvalue weighted by molar-refractivity contribution is -0.146. The molecule has 0 bridgehead atoms. The van der Waals surface area contributed by atoms with E-state index in [9.17, 15) is 14.4 Å². The van der Waals surface area contributed by atoms with E-state index >= 15 is 0 Å². The SMILES string of the molecule is COC(=O)[C@H](NC(=O)[C@H](NC(=O)OC(C)(C)C)C(C)C)C(C)C. The highest BCUT2D eigenvalue weighted by molar-refractivity contribution is 5.90. The van der Waals surface area contributed by atoms with Gasteiger partial charge >= 0.3 is 12.1 Å². The highest BCUT2D eigenvalue weighted by atomic mass is 16.6. The van der Waals surface area contributed by atoms with Crippen LogP contribution >= 0.6 is 0 Å². The minimum atomic E-state index is -0.809. The fourth-order valence-corrected chi connectivity index (χ4v) is 1.84. The molecule has 2 N–H and O–H groups in total. The smallest absolute Gasteiger partial charge is 0.408 e. The van der Waals surface area contributed by atoms with E-state index in [4.69, 9.17) is 9.47 Å². The summed E-state index contributed by atoms with van der Waals surface area (Å²) in [5.41, 5.74) is -0.658. The summed E-state index contributed by atoms with van der Waals surface area (Å²) in [6.45, 7) is 12.4. The molecule has 0 saturated carbocycles. The molecule has 7 heteroatoms. The van der Waals surface area contributed by atoms with Crippen molar-refractivity contribution in [2.45, 2.75) is 66.2 Å². The van der Waals surface area contributed by atoms with Crippen molar-refractivity contribution in [1.29, 1.82) is 0 Å². The molecular formula is C16H30N2O5. The van der Waals surface area contributed by atoms with Gasteiger partial charge in [0.05, 0.1) is 7.11 Å². The Kier molecular flexibility index (Phi) is 8.06. The van der Waals surface area contributed by atoms with Crippen LogP contribution in [0.1, 0.15) is 48.5 Å². The number of hydrogen-bond acceptors (Lipinski definition) is 5. The van der Waals surface area contributed by atoms with E-state index < -0.39 is 35.7 Å². The van der Waals surface area contributed by atoms with Crippen molar-refractivity contribution in [1.82, 2.24) is 10.6 Å². The van der Waals surface area contributed by atoms with Gasteiger partial charge in [0.1, 0.15) is 17.7 Å². The Bertz CT molecular complexity index is 427. The third-order valence-corrected chi connectivity index (χ3v) is 3.04. The Labute approximate surface area is 138 Å². The Hall–Kier alpha value is -1.79. The fourth-order valence-electron chi connectivity index (χ4n) is 1.84. The third-order valence-electron chi connectivity index (χ3n) is 3.04. The molecule has 0 aliphatic carbocycles. The van der Waals surface area contributed by atoms with Crippen molar-refractivity contribution in [2.75, 3.05) is 7.11 Å². The maximum absolute atomic E-state index is 12.4. The van der Waals surface area contributed by atoms with E-state index in [1.807, 2.05) is 0 Å². The standard InChI is InChI=1S/C16H30N2O5/c1-9(2)11(18-15(21)23-16(5,6)7)13(19)17-12(10(3)4)14(20)22-8/h9-12H,1-8H3,(H,17,19)(H,18,21)/t11-,12-/m1/s1. The number of nitrogens with one attached hydrogen (secondary N) is 2. The predicted molar refractivity (Wildman–Crippen MR) is 86.8 cm³/mol. The lowest BCUT2D eigenvalue weighted by Crippen LogP contribution is -2.55. The summed E-state index contributed by atoms with van der Waals surface area (Å²) in [7, 11) is 1.27. The minimum Gasteiger partial charge on any atom is -0.467 e. The van der Waals surface area contributed by atoms with Crippen LogP contribution in [0, 0.1) is 11.8 Å². The molecule has 7 nitrogen and oxygen atoms in total. The first-order chi connectivity index (χ1) is 10.4. The van der Waals surface area contributed by atoms with Crippen molar-refractivity contribution in [3.8, 4) is 0 Å². The molecule has 0 aromatic heterocycles. The van der Waals surface area contributed by atoms with Gasteiger partial charge in [-0.15, -0.1) is 0 Å². The van der Waals surface area contributed by atoms with Gasteiger partial charge in [-0.2, -0.15) is 0 Å². The van der Waals surface area contributed by atoms with Crippen LogP contribution in [0.3, 0.4) is 0 Å². The van der Waals surface area contributed by atoms with Gasteiger partial charge in [-0.3, -0.25) is 4.79 Å². The molecule has 0 rings (SSSR count). The van der Waals surface area contributed by atoms with Crippen LogP contribution in [-0.2, 0) is 19.1 Å². The quantitative estimate of drug-likeness (QED) is 0.725.